The minimum Gasteiger partial charge on any atom is -0.344 e. The van der Waals surface area contributed by atoms with Crippen molar-refractivity contribution in [2.45, 2.75) is 17.4 Å². The summed E-state index contributed by atoms with van der Waals surface area (Å²) in [5.74, 6) is -0.945. The summed E-state index contributed by atoms with van der Waals surface area (Å²) in [6.45, 7) is 0.501. The first-order chi connectivity index (χ1) is 8.81. The summed E-state index contributed by atoms with van der Waals surface area (Å²) in [7, 11) is -2.29. The second kappa shape index (κ2) is 5.18. The molecule has 1 aromatic carbocycles. The van der Waals surface area contributed by atoms with E-state index in [9.17, 15) is 17.6 Å². The third-order valence-corrected chi connectivity index (χ3v) is 5.04. The fraction of sp³-hybridized carbons (Fsp3) is 0.364. The zero-order valence-electron chi connectivity index (χ0n) is 10.1. The smallest absolute Gasteiger partial charge is 0.241 e. The van der Waals surface area contributed by atoms with E-state index in [1.165, 1.54) is 17.0 Å². The molecule has 0 aromatic heterocycles. The molecule has 0 saturated carbocycles. The molecule has 1 fully saturated rings. The molecule has 1 aromatic rings. The number of hydrogen-bond acceptors (Lipinski definition) is 3. The summed E-state index contributed by atoms with van der Waals surface area (Å²) in [6, 6.07) is 2.72. The van der Waals surface area contributed by atoms with Gasteiger partial charge in [0.15, 0.2) is 0 Å². The molecule has 8 heteroatoms. The average Bonchev–Trinajstić information content (AvgIpc) is 2.64. The molecule has 1 atom stereocenters. The highest BCUT2D eigenvalue weighted by atomic mass is 79.9. The molecule has 1 aliphatic rings. The summed E-state index contributed by atoms with van der Waals surface area (Å²) in [5, 5.41) is 0. The van der Waals surface area contributed by atoms with Crippen molar-refractivity contribution in [1.82, 2.24) is 9.62 Å². The molecule has 0 aliphatic carbocycles. The number of nitrogens with zero attached hydrogens (tertiary/aromatic N) is 1. The van der Waals surface area contributed by atoms with Crippen molar-refractivity contribution in [2.75, 3.05) is 13.6 Å². The van der Waals surface area contributed by atoms with Crippen molar-refractivity contribution >= 4 is 31.9 Å². The number of amides is 1. The molecule has 1 unspecified atom stereocenters. The lowest BCUT2D eigenvalue weighted by molar-refractivity contribution is -0.127. The van der Waals surface area contributed by atoms with Crippen LogP contribution in [-0.4, -0.2) is 38.9 Å². The quantitative estimate of drug-likeness (QED) is 0.887. The zero-order chi connectivity index (χ0) is 14.2. The second-order valence-corrected chi connectivity index (χ2v) is 6.87. The molecule has 1 saturated heterocycles. The van der Waals surface area contributed by atoms with Crippen LogP contribution in [0, 0.1) is 5.82 Å². The molecule has 19 heavy (non-hydrogen) atoms. The Bertz CT molecular complexity index is 620. The summed E-state index contributed by atoms with van der Waals surface area (Å²) in [4.78, 5) is 12.9. The van der Waals surface area contributed by atoms with Gasteiger partial charge < -0.3 is 4.90 Å². The highest BCUT2D eigenvalue weighted by molar-refractivity contribution is 9.10. The van der Waals surface area contributed by atoms with Crippen LogP contribution in [0.1, 0.15) is 6.42 Å². The maximum Gasteiger partial charge on any atom is 0.241 e. The standard InChI is InChI=1S/C11H12BrFN2O3S/c1-15-5-4-10(11(15)16)14-19(17,18)7-2-3-8(12)9(13)6-7/h2-3,6,10,14H,4-5H2,1H3. The predicted molar refractivity (Wildman–Crippen MR) is 70.5 cm³/mol. The van der Waals surface area contributed by atoms with Gasteiger partial charge in [-0.1, -0.05) is 0 Å². The van der Waals surface area contributed by atoms with E-state index >= 15 is 0 Å². The van der Waals surface area contributed by atoms with Gasteiger partial charge in [0.05, 0.1) is 9.37 Å². The van der Waals surface area contributed by atoms with Crippen LogP contribution in [-0.2, 0) is 14.8 Å². The van der Waals surface area contributed by atoms with Crippen LogP contribution in [0.15, 0.2) is 27.6 Å². The van der Waals surface area contributed by atoms with Gasteiger partial charge in [-0.25, -0.2) is 12.8 Å². The van der Waals surface area contributed by atoms with Gasteiger partial charge in [-0.15, -0.1) is 0 Å². The summed E-state index contributed by atoms with van der Waals surface area (Å²) in [6.07, 6.45) is 0.410. The molecule has 5 nitrogen and oxygen atoms in total. The second-order valence-electron chi connectivity index (χ2n) is 4.30. The van der Waals surface area contributed by atoms with E-state index in [1.54, 1.807) is 7.05 Å². The molecular weight excluding hydrogens is 339 g/mol. The lowest BCUT2D eigenvalue weighted by Gasteiger charge is -2.13. The Morgan fingerprint density at radius 3 is 2.68 bits per heavy atom. The monoisotopic (exact) mass is 350 g/mol. The predicted octanol–water partition coefficient (Wildman–Crippen LogP) is 1.10. The highest BCUT2D eigenvalue weighted by Crippen LogP contribution is 2.20. The van der Waals surface area contributed by atoms with Crippen molar-refractivity contribution < 1.29 is 17.6 Å². The van der Waals surface area contributed by atoms with E-state index in [0.717, 1.165) is 6.07 Å². The Kier molecular flexibility index (Phi) is 3.93. The van der Waals surface area contributed by atoms with Crippen LogP contribution >= 0.6 is 15.9 Å². The molecule has 2 rings (SSSR count). The SMILES string of the molecule is CN1CCC(NS(=O)(=O)c2ccc(Br)c(F)c2)C1=O. The van der Waals surface area contributed by atoms with Gasteiger partial charge in [-0.3, -0.25) is 4.79 Å². The number of sulfonamides is 1. The van der Waals surface area contributed by atoms with Gasteiger partial charge in [0.25, 0.3) is 0 Å². The van der Waals surface area contributed by atoms with E-state index < -0.39 is 21.9 Å². The van der Waals surface area contributed by atoms with Gasteiger partial charge in [0.2, 0.25) is 15.9 Å². The van der Waals surface area contributed by atoms with Gasteiger partial charge in [-0.05, 0) is 40.5 Å². The molecule has 0 bridgehead atoms. The number of nitrogens with one attached hydrogen (secondary N) is 1. The van der Waals surface area contributed by atoms with Crippen molar-refractivity contribution in [3.63, 3.8) is 0 Å². The molecule has 1 amide bonds. The number of rotatable bonds is 3. The third kappa shape index (κ3) is 2.96. The normalized spacial score (nSPS) is 20.1. The van der Waals surface area contributed by atoms with Crippen molar-refractivity contribution in [2.24, 2.45) is 0 Å². The Labute approximate surface area is 119 Å². The number of carbonyl (C=O) groups is 1. The first-order valence-corrected chi connectivity index (χ1v) is 7.81. The van der Waals surface area contributed by atoms with Crippen molar-refractivity contribution in [3.05, 3.63) is 28.5 Å². The van der Waals surface area contributed by atoms with Gasteiger partial charge in [-0.2, -0.15) is 4.72 Å². The van der Waals surface area contributed by atoms with Crippen molar-refractivity contribution in [1.29, 1.82) is 0 Å². The van der Waals surface area contributed by atoms with E-state index in [0.29, 0.717) is 13.0 Å². The van der Waals surface area contributed by atoms with Crippen molar-refractivity contribution in [3.8, 4) is 0 Å². The number of hydrogen-bond donors (Lipinski definition) is 1. The minimum atomic E-state index is -3.90. The lowest BCUT2D eigenvalue weighted by Crippen LogP contribution is -2.40. The summed E-state index contributed by atoms with van der Waals surface area (Å²) < 4.78 is 39.9. The molecule has 104 valence electrons. The molecular formula is C11H12BrFN2O3S. The number of benzene rings is 1. The molecule has 1 heterocycles. The topological polar surface area (TPSA) is 66.5 Å². The summed E-state index contributed by atoms with van der Waals surface area (Å²) >= 11 is 2.95. The summed E-state index contributed by atoms with van der Waals surface area (Å²) in [5.41, 5.74) is 0. The van der Waals surface area contributed by atoms with E-state index in [1.807, 2.05) is 0 Å². The molecule has 1 aliphatic heterocycles. The van der Waals surface area contributed by atoms with Crippen LogP contribution in [0.2, 0.25) is 0 Å². The highest BCUT2D eigenvalue weighted by Gasteiger charge is 2.33. The van der Waals surface area contributed by atoms with Crippen LogP contribution in [0.4, 0.5) is 4.39 Å². The molecule has 1 N–H and O–H groups in total. The Morgan fingerprint density at radius 1 is 1.47 bits per heavy atom. The maximum atomic E-state index is 13.3. The van der Waals surface area contributed by atoms with Gasteiger partial charge in [0.1, 0.15) is 11.9 Å². The zero-order valence-corrected chi connectivity index (χ0v) is 12.5. The fourth-order valence-electron chi connectivity index (χ4n) is 1.83. The van der Waals surface area contributed by atoms with Gasteiger partial charge >= 0.3 is 0 Å². The average molecular weight is 351 g/mol. The largest absolute Gasteiger partial charge is 0.344 e. The lowest BCUT2D eigenvalue weighted by atomic mass is 10.3. The Hall–Kier alpha value is -0.990. The molecule has 0 spiro atoms. The Balaban J connectivity index is 2.23. The third-order valence-electron chi connectivity index (χ3n) is 2.93. The van der Waals surface area contributed by atoms with E-state index in [4.69, 9.17) is 0 Å². The molecule has 0 radical (unpaired) electrons. The van der Waals surface area contributed by atoms with E-state index in [-0.39, 0.29) is 15.3 Å². The Morgan fingerprint density at radius 2 is 2.16 bits per heavy atom. The maximum absolute atomic E-state index is 13.3. The van der Waals surface area contributed by atoms with Crippen LogP contribution < -0.4 is 4.72 Å². The number of halogens is 2. The number of carbonyl (C=O) groups excluding carboxylic acids is 1. The van der Waals surface area contributed by atoms with Crippen LogP contribution in [0.3, 0.4) is 0 Å². The van der Waals surface area contributed by atoms with Crippen LogP contribution in [0.5, 0.6) is 0 Å². The number of likely N-dealkylation sites (N-methyl/N-ethyl adjacent to an activating group) is 1. The first-order valence-electron chi connectivity index (χ1n) is 5.53. The number of likely N-dealkylation sites (tertiary alicyclic amines) is 1. The minimum absolute atomic E-state index is 0.183. The van der Waals surface area contributed by atoms with Crippen LogP contribution in [0.25, 0.3) is 0 Å². The van der Waals surface area contributed by atoms with E-state index in [2.05, 4.69) is 20.7 Å². The first kappa shape index (κ1) is 14.4. The fourth-order valence-corrected chi connectivity index (χ4v) is 3.31. The van der Waals surface area contributed by atoms with Gasteiger partial charge in [0, 0.05) is 13.6 Å².